The second kappa shape index (κ2) is 6.68. The molecule has 2 N–H and O–H groups in total. The molecule has 0 saturated carbocycles. The van der Waals surface area contributed by atoms with Crippen LogP contribution >= 0.6 is 11.3 Å². The Kier molecular flexibility index (Phi) is 4.93. The molecule has 0 radical (unpaired) electrons. The molecule has 1 heterocycles. The number of fused-ring (bicyclic) bond motifs is 1. The average molecular weight is 277 g/mol. The Hall–Kier alpha value is -1.39. The number of amides is 1. The van der Waals surface area contributed by atoms with E-state index in [1.807, 2.05) is 29.6 Å². The summed E-state index contributed by atoms with van der Waals surface area (Å²) in [6.45, 7) is 2.88. The molecule has 0 spiro atoms. The Morgan fingerprint density at radius 1 is 1.42 bits per heavy atom. The van der Waals surface area contributed by atoms with Gasteiger partial charge in [-0.3, -0.25) is 4.79 Å². The molecule has 0 aliphatic carbocycles. The lowest BCUT2D eigenvalue weighted by atomic mass is 10.0. The van der Waals surface area contributed by atoms with Crippen LogP contribution < -0.4 is 5.32 Å². The van der Waals surface area contributed by atoms with E-state index in [0.717, 1.165) is 28.5 Å². The first-order valence-corrected chi connectivity index (χ1v) is 7.49. The van der Waals surface area contributed by atoms with Crippen LogP contribution in [0, 0.1) is 5.92 Å². The SMILES string of the molecule is CCC(CCO)CNC(=O)c1csc2ccccc12. The first kappa shape index (κ1) is 14.0. The van der Waals surface area contributed by atoms with E-state index < -0.39 is 0 Å². The van der Waals surface area contributed by atoms with Crippen molar-refractivity contribution in [1.29, 1.82) is 0 Å². The molecule has 4 heteroatoms. The molecule has 0 bridgehead atoms. The first-order valence-electron chi connectivity index (χ1n) is 6.61. The molecule has 0 aliphatic heterocycles. The van der Waals surface area contributed by atoms with E-state index in [0.29, 0.717) is 12.5 Å². The minimum Gasteiger partial charge on any atom is -0.396 e. The third-order valence-electron chi connectivity index (χ3n) is 3.39. The molecular weight excluding hydrogens is 258 g/mol. The van der Waals surface area contributed by atoms with Gasteiger partial charge < -0.3 is 10.4 Å². The number of hydrogen-bond donors (Lipinski definition) is 2. The van der Waals surface area contributed by atoms with E-state index in [2.05, 4.69) is 12.2 Å². The summed E-state index contributed by atoms with van der Waals surface area (Å²) in [6.07, 6.45) is 1.70. The van der Waals surface area contributed by atoms with E-state index in [1.54, 1.807) is 11.3 Å². The zero-order valence-electron chi connectivity index (χ0n) is 11.1. The summed E-state index contributed by atoms with van der Waals surface area (Å²) in [5, 5.41) is 14.8. The van der Waals surface area contributed by atoms with Gasteiger partial charge in [-0.15, -0.1) is 11.3 Å². The molecule has 2 rings (SSSR count). The van der Waals surface area contributed by atoms with Crippen molar-refractivity contribution in [1.82, 2.24) is 5.32 Å². The fraction of sp³-hybridized carbons (Fsp3) is 0.400. The molecule has 3 nitrogen and oxygen atoms in total. The minimum absolute atomic E-state index is 0.0196. The van der Waals surface area contributed by atoms with E-state index in [1.165, 1.54) is 0 Å². The van der Waals surface area contributed by atoms with Gasteiger partial charge in [0.25, 0.3) is 5.91 Å². The Morgan fingerprint density at radius 2 is 2.21 bits per heavy atom. The Balaban J connectivity index is 2.04. The van der Waals surface area contributed by atoms with Crippen LogP contribution in [0.15, 0.2) is 29.6 Å². The largest absolute Gasteiger partial charge is 0.396 e. The van der Waals surface area contributed by atoms with Gasteiger partial charge in [-0.2, -0.15) is 0 Å². The third kappa shape index (κ3) is 3.33. The molecule has 1 amide bonds. The van der Waals surface area contributed by atoms with Crippen LogP contribution in [0.5, 0.6) is 0 Å². The highest BCUT2D eigenvalue weighted by Gasteiger charge is 2.13. The maximum atomic E-state index is 12.2. The highest BCUT2D eigenvalue weighted by molar-refractivity contribution is 7.17. The molecular formula is C15H19NO2S. The van der Waals surface area contributed by atoms with Gasteiger partial charge in [0.05, 0.1) is 5.56 Å². The number of thiophene rings is 1. The van der Waals surface area contributed by atoms with Crippen molar-refractivity contribution in [2.75, 3.05) is 13.2 Å². The molecule has 1 aromatic carbocycles. The van der Waals surface area contributed by atoms with Crippen molar-refractivity contribution < 1.29 is 9.90 Å². The topological polar surface area (TPSA) is 49.3 Å². The van der Waals surface area contributed by atoms with Crippen LogP contribution in [0.2, 0.25) is 0 Å². The van der Waals surface area contributed by atoms with Gasteiger partial charge in [0, 0.05) is 28.6 Å². The Morgan fingerprint density at radius 3 is 2.95 bits per heavy atom. The second-order valence-electron chi connectivity index (χ2n) is 4.64. The second-order valence-corrected chi connectivity index (χ2v) is 5.55. The lowest BCUT2D eigenvalue weighted by Crippen LogP contribution is -2.29. The van der Waals surface area contributed by atoms with E-state index >= 15 is 0 Å². The number of hydrogen-bond acceptors (Lipinski definition) is 3. The van der Waals surface area contributed by atoms with Crippen molar-refractivity contribution in [3.63, 3.8) is 0 Å². The number of nitrogens with one attached hydrogen (secondary N) is 1. The van der Waals surface area contributed by atoms with Crippen molar-refractivity contribution >= 4 is 27.3 Å². The van der Waals surface area contributed by atoms with E-state index in [-0.39, 0.29) is 12.5 Å². The summed E-state index contributed by atoms with van der Waals surface area (Å²) in [4.78, 5) is 12.2. The predicted molar refractivity (Wildman–Crippen MR) is 79.6 cm³/mol. The summed E-state index contributed by atoms with van der Waals surface area (Å²) in [6, 6.07) is 7.94. The normalized spacial score (nSPS) is 12.5. The molecule has 0 saturated heterocycles. The standard InChI is InChI=1S/C15H19NO2S/c1-2-11(7-8-17)9-16-15(18)13-10-19-14-6-4-3-5-12(13)14/h3-6,10-11,17H,2,7-9H2,1H3,(H,16,18). The fourth-order valence-corrected chi connectivity index (χ4v) is 3.06. The summed E-state index contributed by atoms with van der Waals surface area (Å²) in [5.41, 5.74) is 0.749. The number of benzene rings is 1. The monoisotopic (exact) mass is 277 g/mol. The van der Waals surface area contributed by atoms with Gasteiger partial charge in [-0.05, 0) is 18.4 Å². The highest BCUT2D eigenvalue weighted by atomic mass is 32.1. The molecule has 102 valence electrons. The van der Waals surface area contributed by atoms with Crippen molar-refractivity contribution in [3.8, 4) is 0 Å². The molecule has 0 aliphatic rings. The maximum absolute atomic E-state index is 12.2. The highest BCUT2D eigenvalue weighted by Crippen LogP contribution is 2.25. The molecule has 1 atom stereocenters. The van der Waals surface area contributed by atoms with Crippen molar-refractivity contribution in [2.24, 2.45) is 5.92 Å². The molecule has 1 unspecified atom stereocenters. The predicted octanol–water partition coefficient (Wildman–Crippen LogP) is 3.04. The Labute approximate surface area is 117 Å². The minimum atomic E-state index is -0.0196. The van der Waals surface area contributed by atoms with E-state index in [4.69, 9.17) is 5.11 Å². The molecule has 19 heavy (non-hydrogen) atoms. The maximum Gasteiger partial charge on any atom is 0.252 e. The van der Waals surface area contributed by atoms with Crippen LogP contribution in [-0.4, -0.2) is 24.2 Å². The van der Waals surface area contributed by atoms with Crippen LogP contribution in [-0.2, 0) is 0 Å². The zero-order valence-corrected chi connectivity index (χ0v) is 11.9. The van der Waals surface area contributed by atoms with Crippen molar-refractivity contribution in [3.05, 3.63) is 35.2 Å². The van der Waals surface area contributed by atoms with Crippen LogP contribution in [0.1, 0.15) is 30.1 Å². The van der Waals surface area contributed by atoms with Crippen LogP contribution in [0.3, 0.4) is 0 Å². The van der Waals surface area contributed by atoms with Crippen molar-refractivity contribution in [2.45, 2.75) is 19.8 Å². The zero-order chi connectivity index (χ0) is 13.7. The van der Waals surface area contributed by atoms with Crippen LogP contribution in [0.4, 0.5) is 0 Å². The molecule has 0 fully saturated rings. The Bertz CT molecular complexity index is 550. The number of carbonyl (C=O) groups excluding carboxylic acids is 1. The van der Waals surface area contributed by atoms with E-state index in [9.17, 15) is 4.79 Å². The lowest BCUT2D eigenvalue weighted by Gasteiger charge is -2.14. The van der Waals surface area contributed by atoms with Gasteiger partial charge in [0.1, 0.15) is 0 Å². The fourth-order valence-electron chi connectivity index (χ4n) is 2.12. The van der Waals surface area contributed by atoms with Crippen LogP contribution in [0.25, 0.3) is 10.1 Å². The summed E-state index contributed by atoms with van der Waals surface area (Å²) >= 11 is 1.59. The average Bonchev–Trinajstić information content (AvgIpc) is 2.87. The summed E-state index contributed by atoms with van der Waals surface area (Å²) < 4.78 is 1.13. The number of rotatable bonds is 6. The number of aliphatic hydroxyl groups is 1. The van der Waals surface area contributed by atoms with Gasteiger partial charge >= 0.3 is 0 Å². The third-order valence-corrected chi connectivity index (χ3v) is 4.36. The lowest BCUT2D eigenvalue weighted by molar-refractivity contribution is 0.0945. The molecule has 1 aromatic heterocycles. The summed E-state index contributed by atoms with van der Waals surface area (Å²) in [5.74, 6) is 0.327. The first-order chi connectivity index (χ1) is 9.26. The van der Waals surface area contributed by atoms with Gasteiger partial charge in [0.15, 0.2) is 0 Å². The van der Waals surface area contributed by atoms with Gasteiger partial charge in [0.2, 0.25) is 0 Å². The van der Waals surface area contributed by atoms with Gasteiger partial charge in [-0.25, -0.2) is 0 Å². The van der Waals surface area contributed by atoms with Gasteiger partial charge in [-0.1, -0.05) is 31.5 Å². The molecule has 2 aromatic rings. The quantitative estimate of drug-likeness (QED) is 0.852. The summed E-state index contributed by atoms with van der Waals surface area (Å²) in [7, 11) is 0. The smallest absolute Gasteiger partial charge is 0.252 e. The number of carbonyl (C=O) groups is 1. The number of aliphatic hydroxyl groups excluding tert-OH is 1.